The first-order chi connectivity index (χ1) is 18.9. The fraction of sp³-hybridized carbons (Fsp3) is 0.440. The predicted molar refractivity (Wildman–Crippen MR) is 147 cm³/mol. The van der Waals surface area contributed by atoms with E-state index in [1.807, 2.05) is 24.3 Å². The first-order valence-corrected chi connectivity index (χ1v) is 12.7. The van der Waals surface area contributed by atoms with Crippen molar-refractivity contribution in [2.75, 3.05) is 6.54 Å². The van der Waals surface area contributed by atoms with Gasteiger partial charge in [0.15, 0.2) is 5.96 Å². The van der Waals surface area contributed by atoms with Crippen LogP contribution < -0.4 is 38.9 Å². The number of nitrogens with zero attached hydrogens (tertiary/aromatic N) is 1. The van der Waals surface area contributed by atoms with Crippen molar-refractivity contribution in [3.05, 3.63) is 36.0 Å². The molecule has 218 valence electrons. The molecule has 1 aromatic heterocycles. The monoisotopic (exact) mass is 559 g/mol. The lowest BCUT2D eigenvalue weighted by molar-refractivity contribution is -0.142. The highest BCUT2D eigenvalue weighted by Gasteiger charge is 2.29. The number of nitrogens with two attached hydrogens (primary N) is 4. The van der Waals surface area contributed by atoms with Gasteiger partial charge in [0.25, 0.3) is 0 Å². The van der Waals surface area contributed by atoms with Crippen LogP contribution in [-0.4, -0.2) is 76.4 Å². The molecule has 4 unspecified atom stereocenters. The molecule has 40 heavy (non-hydrogen) atoms. The van der Waals surface area contributed by atoms with E-state index < -0.39 is 53.8 Å². The Balaban J connectivity index is 2.02. The first kappa shape index (κ1) is 31.6. The van der Waals surface area contributed by atoms with Crippen molar-refractivity contribution in [1.82, 2.24) is 20.9 Å². The largest absolute Gasteiger partial charge is 0.480 e. The smallest absolute Gasteiger partial charge is 0.326 e. The Hall–Kier alpha value is -4.66. The summed E-state index contributed by atoms with van der Waals surface area (Å²) in [6, 6.07) is 2.95. The van der Waals surface area contributed by atoms with E-state index in [1.165, 1.54) is 6.92 Å². The topological polar surface area (TPSA) is 274 Å². The summed E-state index contributed by atoms with van der Waals surface area (Å²) in [5, 5.41) is 17.7. The third-order valence-corrected chi connectivity index (χ3v) is 6.08. The number of H-pyrrole nitrogens is 1. The Bertz CT molecular complexity index is 1240. The van der Waals surface area contributed by atoms with Gasteiger partial charge in [0.05, 0.1) is 6.04 Å². The highest BCUT2D eigenvalue weighted by molar-refractivity contribution is 5.94. The van der Waals surface area contributed by atoms with Crippen molar-refractivity contribution in [1.29, 1.82) is 0 Å². The molecule has 1 aromatic carbocycles. The molecule has 0 aliphatic carbocycles. The Kier molecular flexibility index (Phi) is 11.9. The number of fused-ring (bicyclic) bond motifs is 1. The summed E-state index contributed by atoms with van der Waals surface area (Å²) in [5.74, 6) is -4.31. The molecular formula is C25H37N9O6. The van der Waals surface area contributed by atoms with Crippen molar-refractivity contribution in [2.24, 2.45) is 27.9 Å². The lowest BCUT2D eigenvalue weighted by Crippen LogP contribution is -2.56. The van der Waals surface area contributed by atoms with E-state index in [2.05, 4.69) is 25.9 Å². The van der Waals surface area contributed by atoms with Crippen LogP contribution in [0.15, 0.2) is 35.5 Å². The molecule has 15 nitrogen and oxygen atoms in total. The standard InChI is InChI=1S/C25H37N9O6/c1-13(32-22(37)16(26)11-14-12-31-17-6-3-2-5-15(14)17)21(36)33-18(7-4-10-30-25(28)29)23(38)34-19(24(39)40)8-9-20(27)35/h2-3,5-6,12-13,16,18-19,31H,4,7-11,26H2,1H3,(H2,27,35)(H,32,37)(H,33,36)(H,34,38)(H,39,40)(H4,28,29,30). The molecule has 0 bridgehead atoms. The molecule has 0 saturated heterocycles. The van der Waals surface area contributed by atoms with Gasteiger partial charge in [-0.15, -0.1) is 0 Å². The van der Waals surface area contributed by atoms with Crippen molar-refractivity contribution in [2.45, 2.75) is 63.2 Å². The van der Waals surface area contributed by atoms with Crippen molar-refractivity contribution < 1.29 is 29.1 Å². The Morgan fingerprint density at radius 2 is 1.62 bits per heavy atom. The lowest BCUT2D eigenvalue weighted by atomic mass is 10.0. The fourth-order valence-electron chi connectivity index (χ4n) is 3.90. The second-order valence-corrected chi connectivity index (χ2v) is 9.31. The molecule has 15 heteroatoms. The van der Waals surface area contributed by atoms with Crippen molar-refractivity contribution >= 4 is 46.5 Å². The van der Waals surface area contributed by atoms with Gasteiger partial charge in [0, 0.05) is 30.1 Å². The van der Waals surface area contributed by atoms with Gasteiger partial charge in [-0.2, -0.15) is 0 Å². The third-order valence-electron chi connectivity index (χ3n) is 6.08. The number of carboxylic acids is 1. The van der Waals surface area contributed by atoms with Crippen LogP contribution in [0.2, 0.25) is 0 Å². The Labute approximate surface area is 230 Å². The SMILES string of the molecule is CC(NC(=O)C(N)Cc1c[nH]c2ccccc12)C(=O)NC(CCCN=C(N)N)C(=O)NC(CCC(N)=O)C(=O)O. The number of guanidine groups is 1. The zero-order chi connectivity index (χ0) is 29.8. The molecule has 4 amide bonds. The molecule has 0 radical (unpaired) electrons. The average Bonchev–Trinajstić information content (AvgIpc) is 3.30. The number of nitrogens with one attached hydrogen (secondary N) is 4. The van der Waals surface area contributed by atoms with E-state index in [0.29, 0.717) is 0 Å². The lowest BCUT2D eigenvalue weighted by Gasteiger charge is -2.23. The summed E-state index contributed by atoms with van der Waals surface area (Å²) in [6.45, 7) is 1.58. The molecule has 0 spiro atoms. The summed E-state index contributed by atoms with van der Waals surface area (Å²) in [4.78, 5) is 68.0. The van der Waals surface area contributed by atoms with E-state index in [-0.39, 0.29) is 44.6 Å². The number of aromatic amines is 1. The number of para-hydroxylation sites is 1. The maximum atomic E-state index is 12.9. The third kappa shape index (κ3) is 9.90. The second-order valence-electron chi connectivity index (χ2n) is 9.31. The molecule has 0 fully saturated rings. The summed E-state index contributed by atoms with van der Waals surface area (Å²) < 4.78 is 0. The second kappa shape index (κ2) is 15.1. The van der Waals surface area contributed by atoms with Crippen molar-refractivity contribution in [3.63, 3.8) is 0 Å². The number of carbonyl (C=O) groups excluding carboxylic acids is 4. The van der Waals surface area contributed by atoms with Crippen LogP contribution in [0.3, 0.4) is 0 Å². The molecule has 4 atom stereocenters. The van der Waals surface area contributed by atoms with Crippen LogP contribution in [-0.2, 0) is 30.4 Å². The molecule has 2 rings (SSSR count). The maximum absolute atomic E-state index is 12.9. The average molecular weight is 560 g/mol. The van der Waals surface area contributed by atoms with Gasteiger partial charge < -0.3 is 49.0 Å². The maximum Gasteiger partial charge on any atom is 0.326 e. The summed E-state index contributed by atoms with van der Waals surface area (Å²) in [6.07, 6.45) is 1.82. The quantitative estimate of drug-likeness (QED) is 0.0619. The van der Waals surface area contributed by atoms with Gasteiger partial charge in [0.2, 0.25) is 23.6 Å². The Morgan fingerprint density at radius 1 is 0.950 bits per heavy atom. The minimum absolute atomic E-state index is 0.0528. The highest BCUT2D eigenvalue weighted by Crippen LogP contribution is 2.18. The van der Waals surface area contributed by atoms with Gasteiger partial charge in [-0.25, -0.2) is 4.79 Å². The molecule has 2 aromatic rings. The minimum atomic E-state index is -1.41. The van der Waals surface area contributed by atoms with E-state index in [4.69, 9.17) is 22.9 Å². The van der Waals surface area contributed by atoms with E-state index in [0.717, 1.165) is 16.5 Å². The molecule has 1 heterocycles. The number of aromatic nitrogens is 1. The number of carboxylic acid groups (broad SMARTS) is 1. The van der Waals surface area contributed by atoms with Crippen LogP contribution in [0, 0.1) is 0 Å². The van der Waals surface area contributed by atoms with E-state index >= 15 is 0 Å². The summed E-state index contributed by atoms with van der Waals surface area (Å²) in [7, 11) is 0. The van der Waals surface area contributed by atoms with Crippen LogP contribution >= 0.6 is 0 Å². The number of hydrogen-bond acceptors (Lipinski definition) is 7. The van der Waals surface area contributed by atoms with Gasteiger partial charge in [-0.1, -0.05) is 18.2 Å². The summed E-state index contributed by atoms with van der Waals surface area (Å²) in [5.41, 5.74) is 23.5. The van der Waals surface area contributed by atoms with Gasteiger partial charge >= 0.3 is 5.97 Å². The number of amides is 4. The van der Waals surface area contributed by atoms with Crippen LogP contribution in [0.1, 0.15) is 38.2 Å². The molecule has 0 saturated carbocycles. The number of aliphatic carboxylic acids is 1. The molecule has 13 N–H and O–H groups in total. The number of aliphatic imine (C=N–C) groups is 1. The minimum Gasteiger partial charge on any atom is -0.480 e. The van der Waals surface area contributed by atoms with Crippen LogP contribution in [0.25, 0.3) is 10.9 Å². The van der Waals surface area contributed by atoms with Crippen molar-refractivity contribution in [3.8, 4) is 0 Å². The number of benzene rings is 1. The normalized spacial score (nSPS) is 13.8. The number of hydrogen-bond donors (Lipinski definition) is 9. The highest BCUT2D eigenvalue weighted by atomic mass is 16.4. The molecular weight excluding hydrogens is 522 g/mol. The molecule has 0 aliphatic rings. The zero-order valence-corrected chi connectivity index (χ0v) is 22.2. The van der Waals surface area contributed by atoms with Crippen LogP contribution in [0.4, 0.5) is 0 Å². The predicted octanol–water partition coefficient (Wildman–Crippen LogP) is -2.08. The van der Waals surface area contributed by atoms with Crippen LogP contribution in [0.5, 0.6) is 0 Å². The summed E-state index contributed by atoms with van der Waals surface area (Å²) >= 11 is 0. The van der Waals surface area contributed by atoms with Gasteiger partial charge in [0.1, 0.15) is 18.1 Å². The fourth-order valence-corrected chi connectivity index (χ4v) is 3.90. The van der Waals surface area contributed by atoms with E-state index in [9.17, 15) is 29.1 Å². The number of carbonyl (C=O) groups is 5. The molecule has 0 aliphatic heterocycles. The van der Waals surface area contributed by atoms with Gasteiger partial charge in [-0.3, -0.25) is 24.2 Å². The van der Waals surface area contributed by atoms with Gasteiger partial charge in [-0.05, 0) is 44.2 Å². The Morgan fingerprint density at radius 3 is 2.27 bits per heavy atom. The first-order valence-electron chi connectivity index (χ1n) is 12.7. The number of rotatable bonds is 16. The zero-order valence-electron chi connectivity index (χ0n) is 22.2. The number of primary amides is 1. The van der Waals surface area contributed by atoms with E-state index in [1.54, 1.807) is 6.20 Å².